The van der Waals surface area contributed by atoms with Gasteiger partial charge in [-0.2, -0.15) is 5.10 Å². The molecule has 5 rings (SSSR count). The highest BCUT2D eigenvalue weighted by atomic mass is 16.5. The highest BCUT2D eigenvalue weighted by Gasteiger charge is 2.16. The lowest BCUT2D eigenvalue weighted by atomic mass is 10.0. The molecule has 0 aliphatic carbocycles. The van der Waals surface area contributed by atoms with Crippen molar-refractivity contribution in [3.05, 3.63) is 77.0 Å². The molecule has 0 unspecified atom stereocenters. The van der Waals surface area contributed by atoms with E-state index in [9.17, 15) is 9.59 Å². The van der Waals surface area contributed by atoms with Crippen LogP contribution in [0, 0.1) is 0 Å². The van der Waals surface area contributed by atoms with E-state index in [4.69, 9.17) is 9.47 Å². The third-order valence-corrected chi connectivity index (χ3v) is 6.04. The Morgan fingerprint density at radius 1 is 1.00 bits per heavy atom. The summed E-state index contributed by atoms with van der Waals surface area (Å²) in [7, 11) is 3.05. The summed E-state index contributed by atoms with van der Waals surface area (Å²) in [6.07, 6.45) is 3.29. The van der Waals surface area contributed by atoms with E-state index in [0.717, 1.165) is 15.9 Å². The first-order chi connectivity index (χ1) is 17.4. The first-order valence-electron chi connectivity index (χ1n) is 11.5. The van der Waals surface area contributed by atoms with E-state index < -0.39 is 11.6 Å². The number of fused-ring (bicyclic) bond motifs is 3. The van der Waals surface area contributed by atoms with Crippen molar-refractivity contribution in [1.29, 1.82) is 0 Å². The lowest BCUT2D eigenvalue weighted by Gasteiger charge is -2.11. The Labute approximate surface area is 206 Å². The Kier molecular flexibility index (Phi) is 5.93. The van der Waals surface area contributed by atoms with Crippen LogP contribution in [0.4, 0.5) is 5.69 Å². The van der Waals surface area contributed by atoms with Gasteiger partial charge in [-0.05, 0) is 29.7 Å². The number of carbonyl (C=O) groups is 1. The molecule has 0 radical (unpaired) electrons. The number of ether oxygens (including phenoxy) is 2. The summed E-state index contributed by atoms with van der Waals surface area (Å²) >= 11 is 0. The third-order valence-electron chi connectivity index (χ3n) is 6.04. The van der Waals surface area contributed by atoms with Gasteiger partial charge < -0.3 is 14.8 Å². The molecule has 10 heteroatoms. The van der Waals surface area contributed by atoms with Crippen LogP contribution in [-0.2, 0) is 11.3 Å². The van der Waals surface area contributed by atoms with E-state index in [1.807, 2.05) is 18.2 Å². The maximum atomic E-state index is 13.0. The van der Waals surface area contributed by atoms with E-state index in [-0.39, 0.29) is 6.54 Å². The van der Waals surface area contributed by atoms with Gasteiger partial charge in [0.2, 0.25) is 5.91 Å². The Balaban J connectivity index is 1.44. The number of benzene rings is 2. The van der Waals surface area contributed by atoms with Gasteiger partial charge in [0.15, 0.2) is 5.65 Å². The number of aromatic nitrogens is 5. The molecule has 0 aliphatic rings. The number of hydrogen-bond donors (Lipinski definition) is 1. The van der Waals surface area contributed by atoms with Crippen LogP contribution in [0.1, 0.15) is 25.3 Å². The molecule has 184 valence electrons. The van der Waals surface area contributed by atoms with Crippen LogP contribution in [0.5, 0.6) is 11.5 Å². The molecular formula is C26H26N6O4. The second-order valence-electron chi connectivity index (χ2n) is 8.68. The molecule has 3 heterocycles. The van der Waals surface area contributed by atoms with Crippen molar-refractivity contribution in [1.82, 2.24) is 23.8 Å². The van der Waals surface area contributed by atoms with E-state index in [2.05, 4.69) is 41.5 Å². The Hall–Kier alpha value is -4.60. The normalized spacial score (nSPS) is 11.4. The molecule has 1 N–H and O–H groups in total. The fourth-order valence-electron chi connectivity index (χ4n) is 4.04. The molecule has 36 heavy (non-hydrogen) atoms. The summed E-state index contributed by atoms with van der Waals surface area (Å²) < 4.78 is 14.7. The van der Waals surface area contributed by atoms with Gasteiger partial charge in [-0.1, -0.05) is 38.1 Å². The molecule has 10 nitrogen and oxygen atoms in total. The zero-order valence-electron chi connectivity index (χ0n) is 20.4. The highest BCUT2D eigenvalue weighted by molar-refractivity contribution is 5.92. The molecule has 0 aliphatic heterocycles. The minimum atomic E-state index is -0.423. The zero-order chi connectivity index (χ0) is 25.4. The van der Waals surface area contributed by atoms with Gasteiger partial charge in [0, 0.05) is 24.0 Å². The average molecular weight is 487 g/mol. The molecule has 0 saturated heterocycles. The van der Waals surface area contributed by atoms with Crippen molar-refractivity contribution < 1.29 is 14.3 Å². The van der Waals surface area contributed by atoms with Crippen LogP contribution in [-0.4, -0.2) is 43.9 Å². The predicted octanol–water partition coefficient (Wildman–Crippen LogP) is 3.59. The van der Waals surface area contributed by atoms with E-state index in [1.165, 1.54) is 17.1 Å². The van der Waals surface area contributed by atoms with Crippen molar-refractivity contribution in [2.45, 2.75) is 26.3 Å². The predicted molar refractivity (Wildman–Crippen MR) is 136 cm³/mol. The monoisotopic (exact) mass is 486 g/mol. The number of rotatable bonds is 7. The van der Waals surface area contributed by atoms with Gasteiger partial charge in [0.05, 0.1) is 25.6 Å². The lowest BCUT2D eigenvalue weighted by molar-refractivity contribution is -0.117. The molecule has 3 aromatic heterocycles. The number of anilines is 1. The summed E-state index contributed by atoms with van der Waals surface area (Å²) in [6.45, 7) is 4.04. The minimum Gasteiger partial charge on any atom is -0.497 e. The van der Waals surface area contributed by atoms with Crippen molar-refractivity contribution in [3.63, 3.8) is 0 Å². The van der Waals surface area contributed by atoms with Gasteiger partial charge in [-0.15, -0.1) is 5.10 Å². The maximum absolute atomic E-state index is 13.0. The second kappa shape index (κ2) is 9.21. The Morgan fingerprint density at radius 3 is 2.47 bits per heavy atom. The maximum Gasteiger partial charge on any atom is 0.350 e. The summed E-state index contributed by atoms with van der Waals surface area (Å²) in [4.78, 5) is 25.7. The lowest BCUT2D eigenvalue weighted by Crippen LogP contribution is -2.28. The smallest absolute Gasteiger partial charge is 0.350 e. The highest BCUT2D eigenvalue weighted by Crippen LogP contribution is 2.29. The van der Waals surface area contributed by atoms with Gasteiger partial charge >= 0.3 is 5.69 Å². The number of methoxy groups -OCH3 is 2. The van der Waals surface area contributed by atoms with Crippen LogP contribution >= 0.6 is 0 Å². The molecule has 0 saturated carbocycles. The standard InChI is InChI=1S/C26H26N6O4/c1-16(2)17-5-7-18(8-6-17)21-14-22-25-29-32(26(34)30(25)11-12-31(22)28-21)15-24(33)27-20-10-9-19(35-3)13-23(20)36-4/h5-14,16H,15H2,1-4H3,(H,27,33). The van der Waals surface area contributed by atoms with Gasteiger partial charge in [-0.3, -0.25) is 4.79 Å². The summed E-state index contributed by atoms with van der Waals surface area (Å²) in [5.74, 6) is 1.07. The number of nitrogens with one attached hydrogen (secondary N) is 1. The number of carbonyl (C=O) groups excluding carboxylic acids is 1. The van der Waals surface area contributed by atoms with Crippen LogP contribution in [0.2, 0.25) is 0 Å². The van der Waals surface area contributed by atoms with E-state index in [1.54, 1.807) is 42.2 Å². The summed E-state index contributed by atoms with van der Waals surface area (Å²) in [5.41, 5.74) is 4.10. The molecule has 0 atom stereocenters. The van der Waals surface area contributed by atoms with Gasteiger partial charge in [-0.25, -0.2) is 18.4 Å². The fraction of sp³-hybridized carbons (Fsp3) is 0.231. The largest absolute Gasteiger partial charge is 0.497 e. The number of nitrogens with zero attached hydrogens (tertiary/aromatic N) is 5. The number of hydrogen-bond acceptors (Lipinski definition) is 6. The summed E-state index contributed by atoms with van der Waals surface area (Å²) in [6, 6.07) is 15.2. The Morgan fingerprint density at radius 2 is 1.78 bits per heavy atom. The first-order valence-corrected chi connectivity index (χ1v) is 11.5. The van der Waals surface area contributed by atoms with Crippen LogP contribution < -0.4 is 20.5 Å². The van der Waals surface area contributed by atoms with Gasteiger partial charge in [0.1, 0.15) is 23.6 Å². The van der Waals surface area contributed by atoms with Crippen LogP contribution in [0.15, 0.2) is 65.7 Å². The quantitative estimate of drug-likeness (QED) is 0.377. The van der Waals surface area contributed by atoms with Crippen molar-refractivity contribution in [2.75, 3.05) is 19.5 Å². The SMILES string of the molecule is COc1ccc(NC(=O)Cn2nc3c4cc(-c5ccc(C(C)C)cc5)nn4ccn3c2=O)c(OC)c1. The Bertz CT molecular complexity index is 1630. The van der Waals surface area contributed by atoms with Crippen LogP contribution in [0.3, 0.4) is 0 Å². The van der Waals surface area contributed by atoms with Gasteiger partial charge in [0.25, 0.3) is 0 Å². The molecule has 1 amide bonds. The molecular weight excluding hydrogens is 460 g/mol. The topological polar surface area (TPSA) is 104 Å². The van der Waals surface area contributed by atoms with Crippen molar-refractivity contribution >= 4 is 22.8 Å². The summed E-state index contributed by atoms with van der Waals surface area (Å²) in [5, 5.41) is 11.8. The molecule has 2 aromatic carbocycles. The fourth-order valence-corrected chi connectivity index (χ4v) is 4.04. The number of amides is 1. The molecule has 0 fully saturated rings. The van der Waals surface area contributed by atoms with E-state index >= 15 is 0 Å². The molecule has 0 spiro atoms. The van der Waals surface area contributed by atoms with E-state index in [0.29, 0.717) is 34.3 Å². The third kappa shape index (κ3) is 4.17. The minimum absolute atomic E-state index is 0.264. The van der Waals surface area contributed by atoms with Crippen molar-refractivity contribution in [2.24, 2.45) is 0 Å². The first kappa shape index (κ1) is 23.2. The van der Waals surface area contributed by atoms with Crippen LogP contribution in [0.25, 0.3) is 22.4 Å². The molecule has 0 bridgehead atoms. The second-order valence-corrected chi connectivity index (χ2v) is 8.68. The average Bonchev–Trinajstić information content (AvgIpc) is 3.45. The zero-order valence-corrected chi connectivity index (χ0v) is 20.4. The van der Waals surface area contributed by atoms with Crippen molar-refractivity contribution in [3.8, 4) is 22.8 Å². The molecule has 5 aromatic rings.